The average Bonchev–Trinajstić information content (AvgIpc) is 2.84. The molecule has 4 saturated carbocycles. The maximum atomic E-state index is 12.7. The van der Waals surface area contributed by atoms with Gasteiger partial charge in [0.05, 0.1) is 0 Å². The number of urea groups is 1. The third-order valence-electron chi connectivity index (χ3n) is 8.66. The molecule has 188 valence electrons. The first-order valence-electron chi connectivity index (χ1n) is 13.3. The number of nitrogens with zero attached hydrogens (tertiary/aromatic N) is 1. The Hall–Kier alpha value is -3.19. The zero-order valence-electron chi connectivity index (χ0n) is 20.6. The summed E-state index contributed by atoms with van der Waals surface area (Å²) in [5.74, 6) is 2.43. The summed E-state index contributed by atoms with van der Waals surface area (Å²) in [6, 6.07) is 14.5. The van der Waals surface area contributed by atoms with E-state index in [-0.39, 0.29) is 18.2 Å². The van der Waals surface area contributed by atoms with Gasteiger partial charge in [0.2, 0.25) is 5.91 Å². The molecule has 1 aliphatic heterocycles. The molecule has 1 heterocycles. The Balaban J connectivity index is 1.00. The standard InChI is InChI=1S/C29H34N4O3/c34-26-10-12-33(28(36)32-26)25-7-5-24(6-8-25)31-27(35)23-3-1-19(2-4-23)9-11-30-29-16-20-13-21(17-29)15-22(14-20)18-29/h1-8,20-22,30H,9-18H2,(H,31,35)(H,32,34,36). The lowest BCUT2D eigenvalue weighted by Crippen LogP contribution is -2.58. The molecule has 7 heteroatoms. The van der Waals surface area contributed by atoms with Crippen LogP contribution in [0.15, 0.2) is 48.5 Å². The Morgan fingerprint density at radius 1 is 0.917 bits per heavy atom. The van der Waals surface area contributed by atoms with Crippen LogP contribution < -0.4 is 20.9 Å². The summed E-state index contributed by atoms with van der Waals surface area (Å²) < 4.78 is 0. The maximum Gasteiger partial charge on any atom is 0.328 e. The molecule has 5 aliphatic rings. The number of carbonyl (C=O) groups excluding carboxylic acids is 3. The third-order valence-corrected chi connectivity index (χ3v) is 8.66. The van der Waals surface area contributed by atoms with E-state index < -0.39 is 6.03 Å². The number of benzene rings is 2. The van der Waals surface area contributed by atoms with Crippen LogP contribution in [0.25, 0.3) is 0 Å². The minimum Gasteiger partial charge on any atom is -0.322 e. The molecule has 5 fully saturated rings. The molecule has 0 aromatic heterocycles. The van der Waals surface area contributed by atoms with E-state index in [4.69, 9.17) is 0 Å². The third kappa shape index (κ3) is 4.76. The van der Waals surface area contributed by atoms with E-state index in [1.165, 1.54) is 49.0 Å². The van der Waals surface area contributed by atoms with Gasteiger partial charge in [-0.3, -0.25) is 19.8 Å². The van der Waals surface area contributed by atoms with Gasteiger partial charge in [-0.15, -0.1) is 0 Å². The summed E-state index contributed by atoms with van der Waals surface area (Å²) >= 11 is 0. The van der Waals surface area contributed by atoms with E-state index in [2.05, 4.69) is 28.1 Å². The van der Waals surface area contributed by atoms with Crippen LogP contribution in [0.1, 0.15) is 60.9 Å². The van der Waals surface area contributed by atoms with E-state index >= 15 is 0 Å². The highest BCUT2D eigenvalue weighted by molar-refractivity contribution is 6.06. The minimum atomic E-state index is -0.420. The smallest absolute Gasteiger partial charge is 0.322 e. The van der Waals surface area contributed by atoms with E-state index in [9.17, 15) is 14.4 Å². The van der Waals surface area contributed by atoms with Crippen LogP contribution in [-0.2, 0) is 11.2 Å². The van der Waals surface area contributed by atoms with Gasteiger partial charge in [-0.05, 0) is 111 Å². The number of carbonyl (C=O) groups is 3. The second-order valence-electron chi connectivity index (χ2n) is 11.3. The summed E-state index contributed by atoms with van der Waals surface area (Å²) in [6.07, 6.45) is 9.74. The molecule has 36 heavy (non-hydrogen) atoms. The predicted octanol–water partition coefficient (Wildman–Crippen LogP) is 4.49. The number of nitrogens with one attached hydrogen (secondary N) is 3. The quantitative estimate of drug-likeness (QED) is 0.538. The Kier molecular flexibility index (Phi) is 6.04. The van der Waals surface area contributed by atoms with Crippen LogP contribution in [0.5, 0.6) is 0 Å². The van der Waals surface area contributed by atoms with Crippen molar-refractivity contribution in [1.29, 1.82) is 0 Å². The molecule has 2 aromatic rings. The highest BCUT2D eigenvalue weighted by Gasteiger charge is 2.50. The van der Waals surface area contributed by atoms with Crippen molar-refractivity contribution in [3.63, 3.8) is 0 Å². The van der Waals surface area contributed by atoms with Gasteiger partial charge in [0, 0.05) is 35.4 Å². The Morgan fingerprint density at radius 3 is 2.17 bits per heavy atom. The molecular weight excluding hydrogens is 452 g/mol. The molecule has 1 saturated heterocycles. The van der Waals surface area contributed by atoms with Gasteiger partial charge in [0.15, 0.2) is 0 Å². The largest absolute Gasteiger partial charge is 0.328 e. The molecule has 0 atom stereocenters. The molecule has 4 aliphatic carbocycles. The van der Waals surface area contributed by atoms with E-state index in [0.717, 1.165) is 30.7 Å². The van der Waals surface area contributed by atoms with Crippen molar-refractivity contribution in [2.75, 3.05) is 23.3 Å². The maximum absolute atomic E-state index is 12.7. The summed E-state index contributed by atoms with van der Waals surface area (Å²) in [6.45, 7) is 1.34. The van der Waals surface area contributed by atoms with Gasteiger partial charge < -0.3 is 10.6 Å². The number of anilines is 2. The van der Waals surface area contributed by atoms with Crippen LogP contribution >= 0.6 is 0 Å². The van der Waals surface area contributed by atoms with Crippen molar-refractivity contribution in [2.24, 2.45) is 17.8 Å². The van der Waals surface area contributed by atoms with Gasteiger partial charge >= 0.3 is 6.03 Å². The molecular formula is C29H34N4O3. The van der Waals surface area contributed by atoms with Gasteiger partial charge in [-0.2, -0.15) is 0 Å². The van der Waals surface area contributed by atoms with E-state index in [1.54, 1.807) is 24.3 Å². The topological polar surface area (TPSA) is 90.5 Å². The van der Waals surface area contributed by atoms with Crippen molar-refractivity contribution >= 4 is 29.2 Å². The summed E-state index contributed by atoms with van der Waals surface area (Å²) in [5, 5.41) is 9.19. The highest BCUT2D eigenvalue weighted by Crippen LogP contribution is 2.55. The number of imide groups is 1. The Morgan fingerprint density at radius 2 is 1.56 bits per heavy atom. The Labute approximate surface area is 212 Å². The number of hydrogen-bond acceptors (Lipinski definition) is 4. The molecule has 4 bridgehead atoms. The zero-order chi connectivity index (χ0) is 24.7. The van der Waals surface area contributed by atoms with Crippen molar-refractivity contribution in [2.45, 2.75) is 56.9 Å². The second kappa shape index (κ2) is 9.36. The number of rotatable bonds is 7. The summed E-state index contributed by atoms with van der Waals surface area (Å²) in [7, 11) is 0. The monoisotopic (exact) mass is 486 g/mol. The van der Waals surface area contributed by atoms with Crippen LogP contribution in [0, 0.1) is 17.8 Å². The van der Waals surface area contributed by atoms with Crippen molar-refractivity contribution < 1.29 is 14.4 Å². The average molecular weight is 487 g/mol. The van der Waals surface area contributed by atoms with Gasteiger partial charge in [0.1, 0.15) is 0 Å². The molecule has 0 radical (unpaired) electrons. The van der Waals surface area contributed by atoms with Crippen molar-refractivity contribution in [3.8, 4) is 0 Å². The second-order valence-corrected chi connectivity index (χ2v) is 11.3. The van der Waals surface area contributed by atoms with Crippen LogP contribution in [0.3, 0.4) is 0 Å². The lowest BCUT2D eigenvalue weighted by molar-refractivity contribution is -0.120. The van der Waals surface area contributed by atoms with Gasteiger partial charge in [-0.1, -0.05) is 12.1 Å². The van der Waals surface area contributed by atoms with Crippen molar-refractivity contribution in [1.82, 2.24) is 10.6 Å². The zero-order valence-corrected chi connectivity index (χ0v) is 20.6. The summed E-state index contributed by atoms with van der Waals surface area (Å²) in [5.41, 5.74) is 3.59. The molecule has 7 nitrogen and oxygen atoms in total. The first-order valence-corrected chi connectivity index (χ1v) is 13.3. The molecule has 3 N–H and O–H groups in total. The van der Waals surface area contributed by atoms with Crippen molar-refractivity contribution in [3.05, 3.63) is 59.7 Å². The molecule has 0 spiro atoms. The first-order chi connectivity index (χ1) is 17.4. The predicted molar refractivity (Wildman–Crippen MR) is 139 cm³/mol. The van der Waals surface area contributed by atoms with Gasteiger partial charge in [-0.25, -0.2) is 4.79 Å². The van der Waals surface area contributed by atoms with E-state index in [1.807, 2.05) is 12.1 Å². The fourth-order valence-electron chi connectivity index (χ4n) is 7.36. The normalized spacial score (nSPS) is 28.8. The van der Waals surface area contributed by atoms with Crippen LogP contribution in [-0.4, -0.2) is 36.5 Å². The number of amides is 4. The first kappa shape index (κ1) is 23.2. The minimum absolute atomic E-state index is 0.165. The van der Waals surface area contributed by atoms with E-state index in [0.29, 0.717) is 29.0 Å². The fourth-order valence-corrected chi connectivity index (χ4v) is 7.36. The highest BCUT2D eigenvalue weighted by atomic mass is 16.2. The van der Waals surface area contributed by atoms with Gasteiger partial charge in [0.25, 0.3) is 5.91 Å². The Bertz CT molecular complexity index is 1120. The van der Waals surface area contributed by atoms with Crippen LogP contribution in [0.4, 0.5) is 16.2 Å². The number of hydrogen-bond donors (Lipinski definition) is 3. The lowest BCUT2D eigenvalue weighted by atomic mass is 9.53. The lowest BCUT2D eigenvalue weighted by Gasteiger charge is -2.57. The molecule has 2 aromatic carbocycles. The molecule has 7 rings (SSSR count). The fraction of sp³-hybridized carbons (Fsp3) is 0.483. The summed E-state index contributed by atoms with van der Waals surface area (Å²) in [4.78, 5) is 37.6. The molecule has 0 unspecified atom stereocenters. The van der Waals surface area contributed by atoms with Crippen LogP contribution in [0.2, 0.25) is 0 Å². The SMILES string of the molecule is O=C1CCN(c2ccc(NC(=O)c3ccc(CCNC45CC6CC(CC(C6)C4)C5)cc3)cc2)C(=O)N1. The molecule has 4 amide bonds.